The summed E-state index contributed by atoms with van der Waals surface area (Å²) in [6, 6.07) is 9.48. The van der Waals surface area contributed by atoms with Crippen LogP contribution < -0.4 is 10.0 Å². The summed E-state index contributed by atoms with van der Waals surface area (Å²) in [6.45, 7) is 7.27. The largest absolute Gasteiger partial charge is 0.476 e. The van der Waals surface area contributed by atoms with Crippen molar-refractivity contribution >= 4 is 24.2 Å². The molecule has 1 fully saturated rings. The second-order valence-corrected chi connectivity index (χ2v) is 8.99. The van der Waals surface area contributed by atoms with E-state index in [1.54, 1.807) is 0 Å². The van der Waals surface area contributed by atoms with Crippen LogP contribution >= 0.6 is 0 Å². The van der Waals surface area contributed by atoms with Crippen LogP contribution in [-0.4, -0.2) is 47.9 Å². The second-order valence-electron chi connectivity index (χ2n) is 6.99. The average Bonchev–Trinajstić information content (AvgIpc) is 3.13. The predicted octanol–water partition coefficient (Wildman–Crippen LogP) is 1.80. The van der Waals surface area contributed by atoms with Gasteiger partial charge in [0, 0.05) is 6.54 Å². The standard InChI is InChI=1S/C17H27BN2O5S/c1-17(2,3)26(22)20-15(18-24-11-12-25-18)9-10-19-16(21)23-13-14-7-5-4-6-8-14/h4-8,15,20H,9-13H2,1-3H3,(H,19,21)/t15-,26?/m0/s1. The van der Waals surface area contributed by atoms with E-state index in [1.165, 1.54) is 0 Å². The Morgan fingerprint density at radius 3 is 2.54 bits per heavy atom. The number of alkyl carbamates (subject to hydrolysis) is 1. The third kappa shape index (κ3) is 7.07. The van der Waals surface area contributed by atoms with Crippen molar-refractivity contribution in [1.82, 2.24) is 10.0 Å². The predicted molar refractivity (Wildman–Crippen MR) is 102 cm³/mol. The maximum absolute atomic E-state index is 12.4. The molecular formula is C17H27BN2O5S. The molecule has 0 saturated carbocycles. The number of nitrogens with one attached hydrogen (secondary N) is 2. The van der Waals surface area contributed by atoms with Crippen LogP contribution in [0.15, 0.2) is 30.3 Å². The van der Waals surface area contributed by atoms with E-state index in [9.17, 15) is 9.00 Å². The monoisotopic (exact) mass is 382 g/mol. The Morgan fingerprint density at radius 1 is 1.27 bits per heavy atom. The van der Waals surface area contributed by atoms with Crippen LogP contribution in [0.1, 0.15) is 32.8 Å². The fraction of sp³-hybridized carbons (Fsp3) is 0.588. The normalized spacial score (nSPS) is 17.0. The Balaban J connectivity index is 1.77. The highest BCUT2D eigenvalue weighted by Crippen LogP contribution is 2.13. The van der Waals surface area contributed by atoms with Crippen molar-refractivity contribution in [3.63, 3.8) is 0 Å². The zero-order valence-electron chi connectivity index (χ0n) is 15.5. The molecule has 26 heavy (non-hydrogen) atoms. The van der Waals surface area contributed by atoms with Crippen LogP contribution in [0, 0.1) is 0 Å². The van der Waals surface area contributed by atoms with E-state index < -0.39 is 28.9 Å². The van der Waals surface area contributed by atoms with Crippen molar-refractivity contribution in [2.24, 2.45) is 0 Å². The number of carbonyl (C=O) groups excluding carboxylic acids is 1. The van der Waals surface area contributed by atoms with Gasteiger partial charge < -0.3 is 19.4 Å². The first-order valence-electron chi connectivity index (χ1n) is 8.72. The smallest absolute Gasteiger partial charge is 0.445 e. The van der Waals surface area contributed by atoms with Crippen LogP contribution in [0.5, 0.6) is 0 Å². The van der Waals surface area contributed by atoms with Crippen LogP contribution in [0.2, 0.25) is 0 Å². The first-order valence-corrected chi connectivity index (χ1v) is 9.87. The van der Waals surface area contributed by atoms with E-state index in [-0.39, 0.29) is 12.5 Å². The molecule has 0 aliphatic carbocycles. The molecule has 1 aliphatic heterocycles. The van der Waals surface area contributed by atoms with Gasteiger partial charge in [-0.2, -0.15) is 0 Å². The Kier molecular flexibility index (Phi) is 8.08. The molecule has 9 heteroatoms. The third-order valence-electron chi connectivity index (χ3n) is 3.73. The van der Waals surface area contributed by atoms with Crippen molar-refractivity contribution in [3.05, 3.63) is 35.9 Å². The van der Waals surface area contributed by atoms with Gasteiger partial charge in [-0.05, 0) is 32.8 Å². The van der Waals surface area contributed by atoms with Gasteiger partial charge in [0.25, 0.3) is 0 Å². The Labute approximate surface area is 157 Å². The number of hydrogen-bond acceptors (Lipinski definition) is 5. The minimum Gasteiger partial charge on any atom is -0.445 e. The molecule has 2 atom stereocenters. The lowest BCUT2D eigenvalue weighted by atomic mass is 9.77. The SMILES string of the molecule is CC(C)(C)S(=O)N[C@@H](CCNC(=O)OCc1ccccc1)B1OCCO1. The molecule has 1 unspecified atom stereocenters. The molecule has 1 aromatic rings. The molecule has 0 aromatic heterocycles. The summed E-state index contributed by atoms with van der Waals surface area (Å²) < 4.78 is 31.3. The van der Waals surface area contributed by atoms with Crippen LogP contribution in [-0.2, 0) is 31.6 Å². The Morgan fingerprint density at radius 2 is 1.92 bits per heavy atom. The van der Waals surface area contributed by atoms with Crippen molar-refractivity contribution < 1.29 is 23.0 Å². The lowest BCUT2D eigenvalue weighted by Gasteiger charge is -2.25. The zero-order chi connectivity index (χ0) is 19.0. The van der Waals surface area contributed by atoms with Gasteiger partial charge in [0.1, 0.15) is 6.61 Å². The molecule has 2 N–H and O–H groups in total. The molecule has 1 aliphatic rings. The number of benzene rings is 1. The number of carbonyl (C=O) groups is 1. The fourth-order valence-electron chi connectivity index (χ4n) is 2.28. The van der Waals surface area contributed by atoms with Crippen LogP contribution in [0.25, 0.3) is 0 Å². The number of amides is 1. The van der Waals surface area contributed by atoms with Gasteiger partial charge in [-0.25, -0.2) is 13.7 Å². The van der Waals surface area contributed by atoms with E-state index in [2.05, 4.69) is 10.0 Å². The Hall–Kier alpha value is -1.42. The van der Waals surface area contributed by atoms with E-state index in [4.69, 9.17) is 14.0 Å². The lowest BCUT2D eigenvalue weighted by Crippen LogP contribution is -2.50. The highest BCUT2D eigenvalue weighted by molar-refractivity contribution is 7.84. The fourth-order valence-corrected chi connectivity index (χ4v) is 3.14. The molecule has 0 spiro atoms. The minimum atomic E-state index is -1.26. The van der Waals surface area contributed by atoms with E-state index in [1.807, 2.05) is 51.1 Å². The van der Waals surface area contributed by atoms with Crippen molar-refractivity contribution in [3.8, 4) is 0 Å². The van der Waals surface area contributed by atoms with Gasteiger partial charge >= 0.3 is 13.2 Å². The maximum Gasteiger partial charge on any atom is 0.476 e. The summed E-state index contributed by atoms with van der Waals surface area (Å²) in [7, 11) is -1.73. The number of rotatable bonds is 8. The molecule has 0 bridgehead atoms. The quantitative estimate of drug-likeness (QED) is 0.670. The molecule has 2 rings (SSSR count). The lowest BCUT2D eigenvalue weighted by molar-refractivity contribution is 0.139. The minimum absolute atomic E-state index is 0.219. The first kappa shape index (κ1) is 20.9. The molecule has 1 saturated heterocycles. The third-order valence-corrected chi connectivity index (χ3v) is 5.36. The van der Waals surface area contributed by atoms with Gasteiger partial charge in [-0.1, -0.05) is 30.3 Å². The second kappa shape index (κ2) is 10.1. The van der Waals surface area contributed by atoms with E-state index in [0.29, 0.717) is 26.2 Å². The van der Waals surface area contributed by atoms with Crippen LogP contribution in [0.3, 0.4) is 0 Å². The van der Waals surface area contributed by atoms with Gasteiger partial charge in [0.05, 0.1) is 34.9 Å². The van der Waals surface area contributed by atoms with Crippen molar-refractivity contribution in [2.75, 3.05) is 19.8 Å². The Bertz CT molecular complexity index is 591. The molecule has 7 nitrogen and oxygen atoms in total. The van der Waals surface area contributed by atoms with Gasteiger partial charge in [0.15, 0.2) is 0 Å². The average molecular weight is 382 g/mol. The summed E-state index contributed by atoms with van der Waals surface area (Å²) in [5.74, 6) is -0.285. The van der Waals surface area contributed by atoms with Crippen molar-refractivity contribution in [2.45, 2.75) is 44.5 Å². The topological polar surface area (TPSA) is 85.9 Å². The van der Waals surface area contributed by atoms with Gasteiger partial charge in [0.2, 0.25) is 0 Å². The van der Waals surface area contributed by atoms with Gasteiger partial charge in [-0.15, -0.1) is 0 Å². The zero-order valence-corrected chi connectivity index (χ0v) is 16.3. The van der Waals surface area contributed by atoms with E-state index in [0.717, 1.165) is 5.56 Å². The summed E-state index contributed by atoms with van der Waals surface area (Å²) in [5.41, 5.74) is 0.926. The highest BCUT2D eigenvalue weighted by atomic mass is 32.2. The molecule has 0 radical (unpaired) electrons. The highest BCUT2D eigenvalue weighted by Gasteiger charge is 2.36. The molecule has 1 heterocycles. The van der Waals surface area contributed by atoms with Crippen LogP contribution in [0.4, 0.5) is 4.79 Å². The number of hydrogen-bond donors (Lipinski definition) is 2. The summed E-state index contributed by atoms with van der Waals surface area (Å²) >= 11 is 0. The summed E-state index contributed by atoms with van der Waals surface area (Å²) in [5, 5.41) is 2.71. The molecule has 1 amide bonds. The molecule has 1 aromatic carbocycles. The molecular weight excluding hydrogens is 355 g/mol. The molecule has 144 valence electrons. The van der Waals surface area contributed by atoms with Gasteiger partial charge in [-0.3, -0.25) is 0 Å². The summed E-state index contributed by atoms with van der Waals surface area (Å²) in [4.78, 5) is 11.8. The number of ether oxygens (including phenoxy) is 1. The maximum atomic E-state index is 12.4. The first-order chi connectivity index (χ1) is 12.4. The summed E-state index contributed by atoms with van der Waals surface area (Å²) in [6.07, 6.45) is 0.0187. The van der Waals surface area contributed by atoms with Crippen molar-refractivity contribution in [1.29, 1.82) is 0 Å². The van der Waals surface area contributed by atoms with E-state index >= 15 is 0 Å².